The van der Waals surface area contributed by atoms with Gasteiger partial charge in [-0.1, -0.05) is 158 Å². The molecule has 0 saturated heterocycles. The Morgan fingerprint density at radius 3 is 1.54 bits per heavy atom. The van der Waals surface area contributed by atoms with Crippen molar-refractivity contribution in [1.82, 2.24) is 15.0 Å². The molecule has 0 unspecified atom stereocenters. The second-order valence-corrected chi connectivity index (χ2v) is 13.9. The molecule has 5 nitrogen and oxygen atoms in total. The molecule has 0 saturated carbocycles. The highest BCUT2D eigenvalue weighted by Crippen LogP contribution is 2.40. The lowest BCUT2D eigenvalue weighted by atomic mass is 9.97. The van der Waals surface area contributed by atoms with Crippen LogP contribution in [0, 0.1) is 0 Å². The summed E-state index contributed by atoms with van der Waals surface area (Å²) in [6.07, 6.45) is 0. The Balaban J connectivity index is 1.10. The van der Waals surface area contributed by atoms with Gasteiger partial charge in [-0.15, -0.1) is 0 Å². The molecule has 0 radical (unpaired) electrons. The molecule has 0 spiro atoms. The van der Waals surface area contributed by atoms with Gasteiger partial charge in [-0.3, -0.25) is 0 Å². The number of furan rings is 2. The summed E-state index contributed by atoms with van der Waals surface area (Å²) in [5.41, 5.74) is 12.5. The molecule has 0 fully saturated rings. The van der Waals surface area contributed by atoms with Crippen LogP contribution in [0.25, 0.3) is 111 Å². The summed E-state index contributed by atoms with van der Waals surface area (Å²) >= 11 is 0. The Morgan fingerprint density at radius 2 is 0.768 bits per heavy atom. The maximum atomic E-state index is 6.44. The normalized spacial score (nSPS) is 11.6. The van der Waals surface area contributed by atoms with Gasteiger partial charge in [-0.2, -0.15) is 0 Å². The number of benzene rings is 8. The lowest BCUT2D eigenvalue weighted by molar-refractivity contribution is 0.669. The van der Waals surface area contributed by atoms with Crippen molar-refractivity contribution < 1.29 is 8.83 Å². The van der Waals surface area contributed by atoms with E-state index < -0.39 is 0 Å². The Hall–Kier alpha value is -7.63. The van der Waals surface area contributed by atoms with E-state index in [2.05, 4.69) is 133 Å². The average molecular weight is 718 g/mol. The second-order valence-electron chi connectivity index (χ2n) is 13.9. The molecular weight excluding hydrogens is 687 g/mol. The maximum absolute atomic E-state index is 6.44. The van der Waals surface area contributed by atoms with Crippen molar-refractivity contribution in [1.29, 1.82) is 0 Å². The van der Waals surface area contributed by atoms with Crippen molar-refractivity contribution in [2.45, 2.75) is 0 Å². The summed E-state index contributed by atoms with van der Waals surface area (Å²) < 4.78 is 12.7. The molecule has 8 aromatic carbocycles. The summed E-state index contributed by atoms with van der Waals surface area (Å²) in [4.78, 5) is 15.6. The third kappa shape index (κ3) is 5.37. The van der Waals surface area contributed by atoms with Crippen LogP contribution in [0.5, 0.6) is 0 Å². The number of hydrogen-bond donors (Lipinski definition) is 0. The highest BCUT2D eigenvalue weighted by molar-refractivity contribution is 6.12. The fourth-order valence-electron chi connectivity index (χ4n) is 7.94. The van der Waals surface area contributed by atoms with Gasteiger partial charge in [0.25, 0.3) is 0 Å². The smallest absolute Gasteiger partial charge is 0.164 e. The SMILES string of the molecule is c1ccc(-c2ccccc2-c2nc(-c3cccc(-c4cccc5c4oc4ccccc45)c3)nc(-c3cccc(-c4cccc5oc6ccccc6c45)c3)n2)cc1. The van der Waals surface area contributed by atoms with Crippen LogP contribution >= 0.6 is 0 Å². The number of aromatic nitrogens is 3. The minimum absolute atomic E-state index is 0.583. The van der Waals surface area contributed by atoms with E-state index in [1.165, 1.54) is 0 Å². The first kappa shape index (κ1) is 31.9. The number of nitrogens with zero attached hydrogens (tertiary/aromatic N) is 3. The summed E-state index contributed by atoms with van der Waals surface area (Å²) in [5, 5.41) is 4.36. The fraction of sp³-hybridized carbons (Fsp3) is 0. The lowest BCUT2D eigenvalue weighted by Crippen LogP contribution is -2.01. The maximum Gasteiger partial charge on any atom is 0.164 e. The molecule has 3 heterocycles. The van der Waals surface area contributed by atoms with E-state index in [0.717, 1.165) is 93.9 Å². The summed E-state index contributed by atoms with van der Waals surface area (Å²) in [5.74, 6) is 1.77. The molecule has 0 amide bonds. The standard InChI is InChI=1S/C51H31N3O2/c1-2-14-32(15-3-1)37-20-4-5-22-42(37)51-53-49(35-18-10-16-33(30-35)38-24-13-29-46-47(38)43-23-7-9-28-45(43)55-46)52-50(54-51)36-19-11-17-34(31-36)39-25-12-26-41-40-21-6-8-27-44(40)56-48(39)41/h1-31H. The van der Waals surface area contributed by atoms with E-state index in [1.54, 1.807) is 0 Å². The summed E-state index contributed by atoms with van der Waals surface area (Å²) in [6, 6.07) is 64.4. The monoisotopic (exact) mass is 717 g/mol. The van der Waals surface area contributed by atoms with E-state index in [0.29, 0.717) is 17.5 Å². The molecule has 5 heteroatoms. The van der Waals surface area contributed by atoms with Gasteiger partial charge in [0.05, 0.1) is 0 Å². The summed E-state index contributed by atoms with van der Waals surface area (Å²) in [6.45, 7) is 0. The molecule has 0 aliphatic carbocycles. The van der Waals surface area contributed by atoms with Crippen molar-refractivity contribution in [3.63, 3.8) is 0 Å². The van der Waals surface area contributed by atoms with E-state index in [9.17, 15) is 0 Å². The molecule has 56 heavy (non-hydrogen) atoms. The Bertz CT molecular complexity index is 3270. The van der Waals surface area contributed by atoms with Crippen LogP contribution in [0.4, 0.5) is 0 Å². The first-order valence-electron chi connectivity index (χ1n) is 18.7. The molecule has 11 rings (SSSR count). The minimum Gasteiger partial charge on any atom is -0.456 e. The van der Waals surface area contributed by atoms with Crippen LogP contribution in [0.3, 0.4) is 0 Å². The van der Waals surface area contributed by atoms with Gasteiger partial charge < -0.3 is 8.83 Å². The number of para-hydroxylation sites is 3. The average Bonchev–Trinajstić information content (AvgIpc) is 3.85. The van der Waals surface area contributed by atoms with E-state index in [1.807, 2.05) is 54.6 Å². The molecule has 262 valence electrons. The number of rotatable bonds is 6. The van der Waals surface area contributed by atoms with Crippen LogP contribution in [-0.2, 0) is 0 Å². The van der Waals surface area contributed by atoms with Gasteiger partial charge in [0, 0.05) is 43.8 Å². The zero-order chi connectivity index (χ0) is 37.0. The largest absolute Gasteiger partial charge is 0.456 e. The first-order chi connectivity index (χ1) is 27.7. The van der Waals surface area contributed by atoms with E-state index in [-0.39, 0.29) is 0 Å². The molecule has 0 aliphatic heterocycles. The molecule has 0 atom stereocenters. The number of hydrogen-bond acceptors (Lipinski definition) is 5. The minimum atomic E-state index is 0.583. The van der Waals surface area contributed by atoms with Gasteiger partial charge in [0.1, 0.15) is 22.3 Å². The van der Waals surface area contributed by atoms with Gasteiger partial charge >= 0.3 is 0 Å². The van der Waals surface area contributed by atoms with Crippen LogP contribution in [0.1, 0.15) is 0 Å². The van der Waals surface area contributed by atoms with Gasteiger partial charge in [0.2, 0.25) is 0 Å². The van der Waals surface area contributed by atoms with Crippen molar-refractivity contribution in [3.05, 3.63) is 188 Å². The Kier molecular flexibility index (Phi) is 7.42. The molecule has 0 bridgehead atoms. The third-order valence-corrected chi connectivity index (χ3v) is 10.6. The van der Waals surface area contributed by atoms with Crippen LogP contribution in [-0.4, -0.2) is 15.0 Å². The van der Waals surface area contributed by atoms with Crippen LogP contribution in [0.15, 0.2) is 197 Å². The number of fused-ring (bicyclic) bond motifs is 6. The van der Waals surface area contributed by atoms with Crippen molar-refractivity contribution >= 4 is 43.9 Å². The molecule has 0 N–H and O–H groups in total. The van der Waals surface area contributed by atoms with Crippen LogP contribution < -0.4 is 0 Å². The van der Waals surface area contributed by atoms with Crippen molar-refractivity contribution in [3.8, 4) is 67.5 Å². The van der Waals surface area contributed by atoms with Gasteiger partial charge in [-0.25, -0.2) is 15.0 Å². The van der Waals surface area contributed by atoms with Crippen LogP contribution in [0.2, 0.25) is 0 Å². The van der Waals surface area contributed by atoms with E-state index in [4.69, 9.17) is 23.8 Å². The van der Waals surface area contributed by atoms with Gasteiger partial charge in [0.15, 0.2) is 17.5 Å². The third-order valence-electron chi connectivity index (χ3n) is 10.6. The Morgan fingerprint density at radius 1 is 0.286 bits per heavy atom. The van der Waals surface area contributed by atoms with Crippen molar-refractivity contribution in [2.24, 2.45) is 0 Å². The molecule has 0 aliphatic rings. The first-order valence-corrected chi connectivity index (χ1v) is 18.7. The zero-order valence-corrected chi connectivity index (χ0v) is 30.1. The zero-order valence-electron chi connectivity index (χ0n) is 30.1. The second kappa shape index (κ2) is 13.0. The topological polar surface area (TPSA) is 65.0 Å². The quantitative estimate of drug-likeness (QED) is 0.171. The molecule has 3 aromatic heterocycles. The Labute approximate surface area is 322 Å². The summed E-state index contributed by atoms with van der Waals surface area (Å²) in [7, 11) is 0. The molecular formula is C51H31N3O2. The highest BCUT2D eigenvalue weighted by Gasteiger charge is 2.19. The lowest BCUT2D eigenvalue weighted by Gasteiger charge is -2.13. The van der Waals surface area contributed by atoms with Gasteiger partial charge in [-0.05, 0) is 58.1 Å². The fourth-order valence-corrected chi connectivity index (χ4v) is 7.94. The predicted molar refractivity (Wildman–Crippen MR) is 227 cm³/mol. The highest BCUT2D eigenvalue weighted by atomic mass is 16.3. The predicted octanol–water partition coefficient (Wildman–Crippen LogP) is 13.7. The molecule has 11 aromatic rings. The van der Waals surface area contributed by atoms with Crippen molar-refractivity contribution in [2.75, 3.05) is 0 Å². The van der Waals surface area contributed by atoms with E-state index >= 15 is 0 Å².